The van der Waals surface area contributed by atoms with Crippen LogP contribution in [0.3, 0.4) is 0 Å². The van der Waals surface area contributed by atoms with Crippen molar-refractivity contribution in [3.8, 4) is 11.1 Å². The number of nitrogens with one attached hydrogen (secondary N) is 3. The van der Waals surface area contributed by atoms with Crippen LogP contribution in [0.5, 0.6) is 0 Å². The molecule has 1 heterocycles. The summed E-state index contributed by atoms with van der Waals surface area (Å²) in [5.41, 5.74) is 0.724. The number of H-pyrrole nitrogens is 1. The van der Waals surface area contributed by atoms with E-state index in [0.717, 1.165) is 60.8 Å². The first-order valence-corrected chi connectivity index (χ1v) is 11.7. The molecule has 180 valence electrons. The summed E-state index contributed by atoms with van der Waals surface area (Å²) >= 11 is 12.3. The van der Waals surface area contributed by atoms with Gasteiger partial charge in [-0.15, -0.1) is 0 Å². The summed E-state index contributed by atoms with van der Waals surface area (Å²) in [5.74, 6) is 0.516. The normalized spacial score (nSPS) is 18.5. The minimum atomic E-state index is -4.54. The molecule has 1 saturated carbocycles. The zero-order chi connectivity index (χ0) is 24.3. The third-order valence-electron chi connectivity index (χ3n) is 6.08. The lowest BCUT2D eigenvalue weighted by molar-refractivity contribution is -0.137. The average molecular weight is 511 g/mol. The highest BCUT2D eigenvalue weighted by Gasteiger charge is 2.32. The summed E-state index contributed by atoms with van der Waals surface area (Å²) in [6.45, 7) is 0.711. The number of benzene rings is 2. The minimum absolute atomic E-state index is 0.00304. The molecule has 0 aliphatic heterocycles. The van der Waals surface area contributed by atoms with Crippen molar-refractivity contribution in [1.29, 1.82) is 0 Å². The van der Waals surface area contributed by atoms with Crippen LogP contribution in [0.15, 0.2) is 48.7 Å². The molecule has 4 rings (SSSR count). The first kappa shape index (κ1) is 24.4. The van der Waals surface area contributed by atoms with Crippen LogP contribution in [0.2, 0.25) is 10.0 Å². The Bertz CT molecular complexity index is 1160. The molecule has 0 atom stereocenters. The molecule has 2 aromatic carbocycles. The second-order valence-electron chi connectivity index (χ2n) is 8.39. The number of alkyl halides is 3. The van der Waals surface area contributed by atoms with E-state index < -0.39 is 17.6 Å². The van der Waals surface area contributed by atoms with Crippen LogP contribution in [-0.2, 0) is 6.18 Å². The molecule has 34 heavy (non-hydrogen) atoms. The van der Waals surface area contributed by atoms with Crippen LogP contribution < -0.4 is 10.6 Å². The lowest BCUT2D eigenvalue weighted by Gasteiger charge is -2.29. The Labute approximate surface area is 205 Å². The van der Waals surface area contributed by atoms with E-state index in [2.05, 4.69) is 20.8 Å². The minimum Gasteiger partial charge on any atom is -0.368 e. The van der Waals surface area contributed by atoms with E-state index in [1.54, 1.807) is 6.20 Å². The first-order chi connectivity index (χ1) is 16.2. The van der Waals surface area contributed by atoms with Crippen molar-refractivity contribution in [2.75, 3.05) is 11.9 Å². The maximum absolute atomic E-state index is 13.0. The molecule has 1 aliphatic rings. The number of aromatic nitrogens is 2. The Balaban J connectivity index is 1.30. The summed E-state index contributed by atoms with van der Waals surface area (Å²) in [4.78, 5) is 12.6. The Morgan fingerprint density at radius 1 is 1.03 bits per heavy atom. The molecule has 0 saturated heterocycles. The molecule has 3 aromatic rings. The molecular weight excluding hydrogens is 488 g/mol. The van der Waals surface area contributed by atoms with Crippen LogP contribution in [0.25, 0.3) is 11.1 Å². The monoisotopic (exact) mass is 510 g/mol. The molecule has 1 fully saturated rings. The van der Waals surface area contributed by atoms with Gasteiger partial charge in [0.05, 0.1) is 16.1 Å². The summed E-state index contributed by atoms with van der Waals surface area (Å²) in [6, 6.07) is 10.2. The van der Waals surface area contributed by atoms with E-state index in [0.29, 0.717) is 17.5 Å². The second kappa shape index (κ2) is 10.3. The van der Waals surface area contributed by atoms with Crippen molar-refractivity contribution in [3.05, 3.63) is 69.8 Å². The average Bonchev–Trinajstić information content (AvgIpc) is 3.27. The zero-order valence-electron chi connectivity index (χ0n) is 18.1. The van der Waals surface area contributed by atoms with Crippen molar-refractivity contribution in [2.24, 2.45) is 5.92 Å². The second-order valence-corrected chi connectivity index (χ2v) is 9.21. The molecular formula is C24H23Cl2F3N4O. The van der Waals surface area contributed by atoms with Gasteiger partial charge in [-0.2, -0.15) is 18.3 Å². The molecule has 5 nitrogen and oxygen atoms in total. The quantitative estimate of drug-likeness (QED) is 0.341. The molecule has 0 spiro atoms. The molecule has 1 aliphatic carbocycles. The van der Waals surface area contributed by atoms with Gasteiger partial charge in [-0.25, -0.2) is 0 Å². The fourth-order valence-corrected chi connectivity index (χ4v) is 4.64. The number of aromatic amines is 1. The predicted octanol–water partition coefficient (Wildman–Crippen LogP) is 6.80. The molecule has 1 aromatic heterocycles. The molecule has 0 radical (unpaired) electrons. The van der Waals surface area contributed by atoms with Gasteiger partial charge >= 0.3 is 6.18 Å². The van der Waals surface area contributed by atoms with Crippen molar-refractivity contribution >= 4 is 34.9 Å². The van der Waals surface area contributed by atoms with Crippen LogP contribution in [-0.4, -0.2) is 28.7 Å². The summed E-state index contributed by atoms with van der Waals surface area (Å²) in [5, 5.41) is 14.0. The fraction of sp³-hybridized carbons (Fsp3) is 0.333. The largest absolute Gasteiger partial charge is 0.416 e. The fourth-order valence-electron chi connectivity index (χ4n) is 4.20. The lowest BCUT2D eigenvalue weighted by atomic mass is 9.86. The van der Waals surface area contributed by atoms with Crippen LogP contribution in [0.4, 0.5) is 19.0 Å². The molecule has 3 N–H and O–H groups in total. The Kier molecular flexibility index (Phi) is 7.38. The third-order valence-corrected chi connectivity index (χ3v) is 6.74. The summed E-state index contributed by atoms with van der Waals surface area (Å²) in [6.07, 6.45) is 0.443. The van der Waals surface area contributed by atoms with Crippen molar-refractivity contribution in [3.63, 3.8) is 0 Å². The SMILES string of the molecule is O=C(NC1CCC(CNc2n[nH]cc2-c2ccccc2Cl)CC1)c1cc(C(F)(F)F)ccc1Cl. The number of carbonyl (C=O) groups is 1. The smallest absolute Gasteiger partial charge is 0.368 e. The Morgan fingerprint density at radius 2 is 1.76 bits per heavy atom. The number of nitrogens with zero attached hydrogens (tertiary/aromatic N) is 1. The first-order valence-electron chi connectivity index (χ1n) is 10.9. The third kappa shape index (κ3) is 5.67. The van der Waals surface area contributed by atoms with E-state index in [1.807, 2.05) is 24.3 Å². The number of amides is 1. The number of carbonyl (C=O) groups excluding carboxylic acids is 1. The summed E-state index contributed by atoms with van der Waals surface area (Å²) < 4.78 is 39.0. The van der Waals surface area contributed by atoms with E-state index in [-0.39, 0.29) is 16.6 Å². The van der Waals surface area contributed by atoms with Crippen LogP contribution in [0, 0.1) is 5.92 Å². The Morgan fingerprint density at radius 3 is 2.47 bits per heavy atom. The number of anilines is 1. The highest BCUT2D eigenvalue weighted by atomic mass is 35.5. The topological polar surface area (TPSA) is 69.8 Å². The van der Waals surface area contributed by atoms with Crippen molar-refractivity contribution in [1.82, 2.24) is 15.5 Å². The van der Waals surface area contributed by atoms with E-state index in [4.69, 9.17) is 23.2 Å². The van der Waals surface area contributed by atoms with Crippen LogP contribution >= 0.6 is 23.2 Å². The van der Waals surface area contributed by atoms with Crippen molar-refractivity contribution in [2.45, 2.75) is 37.9 Å². The molecule has 10 heteroatoms. The zero-order valence-corrected chi connectivity index (χ0v) is 19.6. The highest BCUT2D eigenvalue weighted by Crippen LogP contribution is 2.34. The highest BCUT2D eigenvalue weighted by molar-refractivity contribution is 6.34. The van der Waals surface area contributed by atoms with Gasteiger partial charge in [-0.1, -0.05) is 41.4 Å². The van der Waals surface area contributed by atoms with Gasteiger partial charge in [-0.05, 0) is 55.9 Å². The molecule has 0 bridgehead atoms. The molecule has 1 amide bonds. The van der Waals surface area contributed by atoms with Gasteiger partial charge in [0.2, 0.25) is 0 Å². The van der Waals surface area contributed by atoms with Gasteiger partial charge in [0, 0.05) is 34.9 Å². The molecule has 0 unspecified atom stereocenters. The standard InChI is InChI=1S/C24H23Cl2F3N4O/c25-20-4-2-1-3-17(20)19-13-31-33-22(19)30-12-14-5-8-16(9-6-14)32-23(34)18-11-15(24(27,28)29)7-10-21(18)26/h1-4,7,10-11,13-14,16H,5-6,8-9,12H2,(H,32,34)(H2,30,31,33). The van der Waals surface area contributed by atoms with E-state index in [1.165, 1.54) is 0 Å². The van der Waals surface area contributed by atoms with E-state index in [9.17, 15) is 18.0 Å². The number of hydrogen-bond acceptors (Lipinski definition) is 3. The van der Waals surface area contributed by atoms with Gasteiger partial charge in [-0.3, -0.25) is 9.89 Å². The van der Waals surface area contributed by atoms with Gasteiger partial charge in [0.1, 0.15) is 0 Å². The van der Waals surface area contributed by atoms with Gasteiger partial charge in [0.15, 0.2) is 5.82 Å². The number of hydrogen-bond donors (Lipinski definition) is 3. The van der Waals surface area contributed by atoms with E-state index >= 15 is 0 Å². The Hall–Kier alpha value is -2.71. The van der Waals surface area contributed by atoms with Gasteiger partial charge < -0.3 is 10.6 Å². The number of rotatable bonds is 6. The maximum Gasteiger partial charge on any atom is 0.416 e. The lowest BCUT2D eigenvalue weighted by Crippen LogP contribution is -2.38. The van der Waals surface area contributed by atoms with Crippen LogP contribution in [0.1, 0.15) is 41.6 Å². The number of halogens is 5. The van der Waals surface area contributed by atoms with Crippen molar-refractivity contribution < 1.29 is 18.0 Å². The maximum atomic E-state index is 13.0. The summed E-state index contributed by atoms with van der Waals surface area (Å²) in [7, 11) is 0. The predicted molar refractivity (Wildman–Crippen MR) is 127 cm³/mol. The van der Waals surface area contributed by atoms with Gasteiger partial charge in [0.25, 0.3) is 5.91 Å².